The number of ether oxygens (including phenoxy) is 1. The predicted octanol–water partition coefficient (Wildman–Crippen LogP) is 4.88. The normalized spacial score (nSPS) is 17.0. The highest BCUT2D eigenvalue weighted by Gasteiger charge is 2.43. The molecule has 7 nitrogen and oxygen atoms in total. The third-order valence-electron chi connectivity index (χ3n) is 7.46. The van der Waals surface area contributed by atoms with Crippen LogP contribution >= 0.6 is 0 Å². The van der Waals surface area contributed by atoms with Gasteiger partial charge in [-0.15, -0.1) is 0 Å². The van der Waals surface area contributed by atoms with E-state index in [0.717, 1.165) is 55.6 Å². The number of carbonyl (C=O) groups is 1. The van der Waals surface area contributed by atoms with Gasteiger partial charge in [-0.2, -0.15) is 0 Å². The molecule has 0 radical (unpaired) electrons. The molecule has 0 unspecified atom stereocenters. The van der Waals surface area contributed by atoms with Crippen molar-refractivity contribution in [2.45, 2.75) is 45.4 Å². The Kier molecular flexibility index (Phi) is 5.65. The largest absolute Gasteiger partial charge is 0.384 e. The Morgan fingerprint density at radius 1 is 1.08 bits per heavy atom. The molecule has 192 valence electrons. The number of benzene rings is 2. The number of nitrogens with zero attached hydrogens (tertiary/aromatic N) is 2. The van der Waals surface area contributed by atoms with E-state index >= 15 is 0 Å². The maximum absolute atomic E-state index is 13.5. The van der Waals surface area contributed by atoms with Crippen LogP contribution in [-0.4, -0.2) is 16.1 Å². The van der Waals surface area contributed by atoms with E-state index in [-0.39, 0.29) is 24.0 Å². The van der Waals surface area contributed by atoms with Crippen molar-refractivity contribution >= 4 is 11.7 Å². The molecule has 2 bridgehead atoms. The summed E-state index contributed by atoms with van der Waals surface area (Å²) in [6.07, 6.45) is 0.501. The molecule has 2 aromatic carbocycles. The molecule has 4 heterocycles. The molecule has 2 aromatic heterocycles. The molecule has 8 heteroatoms. The Morgan fingerprint density at radius 3 is 2.53 bits per heavy atom. The molecule has 1 amide bonds. The molecule has 2 atom stereocenters. The van der Waals surface area contributed by atoms with Crippen LogP contribution in [0.3, 0.4) is 0 Å². The molecule has 0 aliphatic carbocycles. The molecule has 2 aliphatic rings. The summed E-state index contributed by atoms with van der Waals surface area (Å²) in [5.41, 5.74) is 14.6. The minimum Gasteiger partial charge on any atom is -0.384 e. The summed E-state index contributed by atoms with van der Waals surface area (Å²) in [6, 6.07) is 16.2. The highest BCUT2D eigenvalue weighted by atomic mass is 19.1. The van der Waals surface area contributed by atoms with Crippen LogP contribution in [0.5, 0.6) is 0 Å². The van der Waals surface area contributed by atoms with E-state index in [0.29, 0.717) is 23.6 Å². The van der Waals surface area contributed by atoms with E-state index < -0.39 is 5.82 Å². The van der Waals surface area contributed by atoms with Crippen molar-refractivity contribution in [3.05, 3.63) is 111 Å². The summed E-state index contributed by atoms with van der Waals surface area (Å²) in [5, 5.41) is 13.2. The van der Waals surface area contributed by atoms with Gasteiger partial charge < -0.3 is 15.8 Å². The number of hydrogen-bond donors (Lipinski definition) is 3. The number of nitrogens with one attached hydrogen (secondary N) is 1. The molecule has 4 N–H and O–H groups in total. The monoisotopic (exact) mass is 511 g/mol. The number of amides is 1. The molecule has 38 heavy (non-hydrogen) atoms. The zero-order valence-corrected chi connectivity index (χ0v) is 21.3. The lowest BCUT2D eigenvalue weighted by Gasteiger charge is -2.18. The first kappa shape index (κ1) is 24.1. The fourth-order valence-electron chi connectivity index (χ4n) is 5.60. The topological polar surface area (TPSA) is 101 Å². The fraction of sp³-hybridized carbons (Fsp3) is 0.233. The van der Waals surface area contributed by atoms with Gasteiger partial charge in [0, 0.05) is 28.6 Å². The second-order valence-electron chi connectivity index (χ2n) is 10.2. The van der Waals surface area contributed by atoms with Crippen LogP contribution in [0.15, 0.2) is 60.8 Å². The van der Waals surface area contributed by atoms with Crippen molar-refractivity contribution in [1.82, 2.24) is 10.3 Å². The Labute approximate surface area is 219 Å². The van der Waals surface area contributed by atoms with Crippen molar-refractivity contribution in [1.29, 1.82) is 0 Å². The average molecular weight is 512 g/mol. The molecular formula is C30H28FN4O3+. The van der Waals surface area contributed by atoms with Crippen LogP contribution in [0.4, 0.5) is 10.2 Å². The molecule has 0 saturated heterocycles. The predicted molar refractivity (Wildman–Crippen MR) is 139 cm³/mol. The van der Waals surface area contributed by atoms with Gasteiger partial charge in [-0.05, 0) is 82.6 Å². The van der Waals surface area contributed by atoms with Crippen molar-refractivity contribution in [3.8, 4) is 11.3 Å². The van der Waals surface area contributed by atoms with Crippen LogP contribution in [0.1, 0.15) is 81.4 Å². The van der Waals surface area contributed by atoms with Gasteiger partial charge in [0.05, 0.1) is 5.56 Å². The van der Waals surface area contributed by atoms with Gasteiger partial charge >= 0.3 is 0 Å². The third-order valence-corrected chi connectivity index (χ3v) is 7.46. The summed E-state index contributed by atoms with van der Waals surface area (Å²) in [7, 11) is 0. The summed E-state index contributed by atoms with van der Waals surface area (Å²) < 4.78 is 20.6. The number of nitrogen functional groups attached to an aromatic ring is 1. The number of halogens is 1. The lowest BCUT2D eigenvalue weighted by Crippen LogP contribution is -2.32. The minimum absolute atomic E-state index is 0.178. The van der Waals surface area contributed by atoms with E-state index in [1.807, 2.05) is 49.4 Å². The number of pyridine rings is 2. The Morgan fingerprint density at radius 2 is 1.79 bits per heavy atom. The number of nitrogens with two attached hydrogens (primary N) is 1. The third kappa shape index (κ3) is 3.88. The number of fused-ring (bicyclic) bond motifs is 8. The van der Waals surface area contributed by atoms with Crippen molar-refractivity contribution in [2.24, 2.45) is 0 Å². The van der Waals surface area contributed by atoms with Crippen molar-refractivity contribution < 1.29 is 23.9 Å². The molecule has 0 spiro atoms. The second kappa shape index (κ2) is 8.92. The molecule has 0 fully saturated rings. The lowest BCUT2D eigenvalue weighted by molar-refractivity contribution is -0.897. The maximum Gasteiger partial charge on any atom is 0.264 e. The van der Waals surface area contributed by atoms with Crippen LogP contribution < -0.4 is 15.8 Å². The summed E-state index contributed by atoms with van der Waals surface area (Å²) in [4.78, 5) is 17.5. The number of carbonyl (C=O) groups excluding carboxylic acids is 1. The number of anilines is 1. The van der Waals surface area contributed by atoms with Gasteiger partial charge in [0.25, 0.3) is 17.8 Å². The zero-order valence-electron chi connectivity index (χ0n) is 21.3. The molecule has 0 saturated carbocycles. The highest BCUT2D eigenvalue weighted by molar-refractivity contribution is 5.94. The Hall–Kier alpha value is -4.30. The van der Waals surface area contributed by atoms with E-state index in [1.165, 1.54) is 12.1 Å². The number of aryl methyl sites for hydroxylation is 1. The minimum atomic E-state index is -0.525. The van der Waals surface area contributed by atoms with Crippen molar-refractivity contribution in [3.63, 3.8) is 0 Å². The van der Waals surface area contributed by atoms with Gasteiger partial charge in [0.15, 0.2) is 5.82 Å². The lowest BCUT2D eigenvalue weighted by atomic mass is 9.84. The van der Waals surface area contributed by atoms with Crippen LogP contribution in [-0.2, 0) is 11.3 Å². The smallest absolute Gasteiger partial charge is 0.264 e. The van der Waals surface area contributed by atoms with Crippen LogP contribution in [0.2, 0.25) is 0 Å². The summed E-state index contributed by atoms with van der Waals surface area (Å²) in [6.45, 7) is 6.45. The maximum atomic E-state index is 13.5. The fourth-order valence-corrected chi connectivity index (χ4v) is 5.60. The molecule has 2 aliphatic heterocycles. The van der Waals surface area contributed by atoms with E-state index in [1.54, 1.807) is 0 Å². The SMILES string of the molecule is Cc1nc(N)cc(C(C)C)c1CNC(=O)c1ccc2c(c1)[C@@H]1O[C@H]2c2ccc(-c3ccc(F)c[n+]3O)cc21. The van der Waals surface area contributed by atoms with Crippen molar-refractivity contribution in [2.75, 3.05) is 5.73 Å². The number of rotatable bonds is 5. The molecule has 6 rings (SSSR count). The number of hydrogen-bond acceptors (Lipinski definition) is 5. The van der Waals surface area contributed by atoms with Crippen LogP contribution in [0.25, 0.3) is 11.3 Å². The average Bonchev–Trinajstić information content (AvgIpc) is 3.44. The second-order valence-corrected chi connectivity index (χ2v) is 10.2. The summed E-state index contributed by atoms with van der Waals surface area (Å²) in [5.74, 6) is 0.0243. The van der Waals surface area contributed by atoms with E-state index in [9.17, 15) is 14.4 Å². The molecule has 4 aromatic rings. The molecular weight excluding hydrogens is 483 g/mol. The first-order valence-corrected chi connectivity index (χ1v) is 12.6. The zero-order chi connectivity index (χ0) is 26.7. The number of aromatic nitrogens is 2. The highest BCUT2D eigenvalue weighted by Crippen LogP contribution is 2.54. The Balaban J connectivity index is 1.26. The van der Waals surface area contributed by atoms with E-state index in [4.69, 9.17) is 10.5 Å². The van der Waals surface area contributed by atoms with Crippen LogP contribution in [0, 0.1) is 12.7 Å². The first-order chi connectivity index (χ1) is 18.2. The first-order valence-electron chi connectivity index (χ1n) is 12.6. The van der Waals surface area contributed by atoms with Gasteiger partial charge in [0.2, 0.25) is 0 Å². The van der Waals surface area contributed by atoms with Gasteiger partial charge in [-0.25, -0.2) is 9.37 Å². The van der Waals surface area contributed by atoms with Gasteiger partial charge in [0.1, 0.15) is 18.0 Å². The van der Waals surface area contributed by atoms with Gasteiger partial charge in [-0.1, -0.05) is 26.0 Å². The van der Waals surface area contributed by atoms with Gasteiger partial charge in [-0.3, -0.25) is 10.0 Å². The quantitative estimate of drug-likeness (QED) is 0.262. The standard InChI is InChI=1S/C30H27FN4O3/c1-15(2)22-12-27(32)34-16(3)25(22)13-33-30(36)18-5-8-21-24(11-18)29-23-10-17(4-7-20(23)28(21)38-29)26-9-6-19(31)14-35(26)37/h4-12,14-15,28-29H,13H2,1-3H3,(H3-,32,33,34,36,37)/p+1/t28-,29+/m0/s1. The van der Waals surface area contributed by atoms with E-state index in [2.05, 4.69) is 24.1 Å². The summed E-state index contributed by atoms with van der Waals surface area (Å²) >= 11 is 0. The Bertz CT molecular complexity index is 1620.